The molecule has 0 bridgehead atoms. The Morgan fingerprint density at radius 2 is 1.47 bits per heavy atom. The van der Waals surface area contributed by atoms with Gasteiger partial charge in [-0.1, -0.05) is 54.6 Å². The summed E-state index contributed by atoms with van der Waals surface area (Å²) in [6, 6.07) is 32.6. The summed E-state index contributed by atoms with van der Waals surface area (Å²) in [4.78, 5) is 0. The van der Waals surface area contributed by atoms with Gasteiger partial charge in [0.15, 0.2) is 6.20 Å². The Morgan fingerprint density at radius 1 is 0.676 bits per heavy atom. The first-order valence-corrected chi connectivity index (χ1v) is 12.3. The molecule has 3 heteroatoms. The van der Waals surface area contributed by atoms with Crippen LogP contribution in [0.25, 0.3) is 64.5 Å². The van der Waals surface area contributed by atoms with Gasteiger partial charge in [0.05, 0.1) is 5.56 Å². The van der Waals surface area contributed by atoms with Crippen LogP contribution >= 0.6 is 11.3 Å². The molecule has 0 amide bonds. The molecule has 0 saturated carbocycles. The van der Waals surface area contributed by atoms with Gasteiger partial charge in [-0.15, -0.1) is 11.3 Å². The molecule has 2 nitrogen and oxygen atoms in total. The summed E-state index contributed by atoms with van der Waals surface area (Å²) in [6.45, 7) is 2.16. The molecular weight excluding hydrogens is 434 g/mol. The fraction of sp³-hybridized carbons (Fsp3) is 0.0645. The van der Waals surface area contributed by atoms with Crippen LogP contribution in [-0.2, 0) is 7.05 Å². The lowest BCUT2D eigenvalue weighted by atomic mass is 9.98. The number of thiophene rings is 1. The van der Waals surface area contributed by atoms with Crippen LogP contribution in [0.2, 0.25) is 0 Å². The first-order valence-electron chi connectivity index (χ1n) is 11.5. The third-order valence-corrected chi connectivity index (χ3v) is 8.03. The fourth-order valence-corrected chi connectivity index (χ4v) is 6.27. The van der Waals surface area contributed by atoms with Gasteiger partial charge in [0.25, 0.3) is 0 Å². The van der Waals surface area contributed by atoms with Gasteiger partial charge >= 0.3 is 0 Å². The summed E-state index contributed by atoms with van der Waals surface area (Å²) in [5.41, 5.74) is 7.73. The molecule has 3 aromatic heterocycles. The second kappa shape index (κ2) is 7.28. The number of nitrogens with zero attached hydrogens (tertiary/aromatic N) is 1. The maximum absolute atomic E-state index is 6.73. The lowest BCUT2D eigenvalue weighted by Crippen LogP contribution is -2.30. The van der Waals surface area contributed by atoms with Gasteiger partial charge in [-0.25, -0.2) is 4.57 Å². The van der Waals surface area contributed by atoms with Gasteiger partial charge in [-0.05, 0) is 42.3 Å². The predicted molar refractivity (Wildman–Crippen MR) is 143 cm³/mol. The lowest BCUT2D eigenvalue weighted by Gasteiger charge is -2.05. The van der Waals surface area contributed by atoms with Crippen molar-refractivity contribution in [3.63, 3.8) is 0 Å². The molecule has 7 rings (SSSR count). The van der Waals surface area contributed by atoms with E-state index in [4.69, 9.17) is 4.42 Å². The van der Waals surface area contributed by atoms with Gasteiger partial charge in [-0.2, -0.15) is 0 Å². The van der Waals surface area contributed by atoms with E-state index in [0.717, 1.165) is 38.8 Å². The average Bonchev–Trinajstić information content (AvgIpc) is 3.42. The normalized spacial score (nSPS) is 11.8. The highest BCUT2D eigenvalue weighted by Gasteiger charge is 2.21. The molecule has 0 aliphatic rings. The Kier molecular flexibility index (Phi) is 4.18. The van der Waals surface area contributed by atoms with Crippen LogP contribution in [0.15, 0.2) is 102 Å². The number of furan rings is 1. The smallest absolute Gasteiger partial charge is 0.216 e. The first-order chi connectivity index (χ1) is 16.7. The second-order valence-electron chi connectivity index (χ2n) is 8.92. The van der Waals surface area contributed by atoms with Crippen LogP contribution in [0.4, 0.5) is 0 Å². The number of para-hydroxylation sites is 1. The first kappa shape index (κ1) is 19.5. The van der Waals surface area contributed by atoms with Crippen molar-refractivity contribution in [2.45, 2.75) is 6.92 Å². The molecule has 3 heterocycles. The summed E-state index contributed by atoms with van der Waals surface area (Å²) >= 11 is 1.85. The number of hydrogen-bond donors (Lipinski definition) is 0. The van der Waals surface area contributed by atoms with Crippen molar-refractivity contribution < 1.29 is 8.98 Å². The zero-order valence-corrected chi connectivity index (χ0v) is 19.8. The molecule has 4 aromatic carbocycles. The van der Waals surface area contributed by atoms with Crippen molar-refractivity contribution in [3.8, 4) is 22.4 Å². The van der Waals surface area contributed by atoms with E-state index in [2.05, 4.69) is 116 Å². The highest BCUT2D eigenvalue weighted by molar-refractivity contribution is 7.25. The molecule has 34 heavy (non-hydrogen) atoms. The lowest BCUT2D eigenvalue weighted by molar-refractivity contribution is -0.660. The third kappa shape index (κ3) is 2.77. The van der Waals surface area contributed by atoms with Gasteiger partial charge < -0.3 is 4.42 Å². The number of hydrogen-bond acceptors (Lipinski definition) is 2. The fourth-order valence-electron chi connectivity index (χ4n) is 5.18. The minimum Gasteiger partial charge on any atom is -0.454 e. The summed E-state index contributed by atoms with van der Waals surface area (Å²) in [5, 5.41) is 4.93. The summed E-state index contributed by atoms with van der Waals surface area (Å²) < 4.78 is 11.5. The SMILES string of the molecule is Cc1ccc2c(oc3c(-c4ccc5sc6ccccc6c5c4)cccc32)c1-c1cccc[n+]1C. The van der Waals surface area contributed by atoms with Crippen LogP contribution in [0.5, 0.6) is 0 Å². The van der Waals surface area contributed by atoms with Crippen molar-refractivity contribution in [1.29, 1.82) is 0 Å². The van der Waals surface area contributed by atoms with Crippen LogP contribution in [0.3, 0.4) is 0 Å². The van der Waals surface area contributed by atoms with E-state index in [0.29, 0.717) is 0 Å². The van der Waals surface area contributed by atoms with E-state index >= 15 is 0 Å². The number of aryl methyl sites for hydroxylation is 2. The Hall–Kier alpha value is -3.95. The van der Waals surface area contributed by atoms with Crippen molar-refractivity contribution in [1.82, 2.24) is 0 Å². The molecule has 7 aromatic rings. The minimum absolute atomic E-state index is 0.946. The van der Waals surface area contributed by atoms with E-state index in [1.165, 1.54) is 31.3 Å². The van der Waals surface area contributed by atoms with E-state index in [-0.39, 0.29) is 0 Å². The summed E-state index contributed by atoms with van der Waals surface area (Å²) in [5.74, 6) is 0. The van der Waals surface area contributed by atoms with Crippen molar-refractivity contribution in [2.75, 3.05) is 0 Å². The molecule has 162 valence electrons. The molecule has 0 radical (unpaired) electrons. The average molecular weight is 457 g/mol. The van der Waals surface area contributed by atoms with Crippen LogP contribution in [0, 0.1) is 6.92 Å². The van der Waals surface area contributed by atoms with Gasteiger partial charge in [-0.3, -0.25) is 0 Å². The summed E-state index contributed by atoms with van der Waals surface area (Å²) in [6.07, 6.45) is 2.09. The second-order valence-corrected chi connectivity index (χ2v) is 10.0. The molecule has 0 atom stereocenters. The van der Waals surface area contributed by atoms with Gasteiger partial charge in [0.2, 0.25) is 5.69 Å². The maximum atomic E-state index is 6.73. The molecule has 0 aliphatic carbocycles. The Morgan fingerprint density at radius 3 is 2.38 bits per heavy atom. The Labute approximate surface area is 201 Å². The number of aromatic nitrogens is 1. The van der Waals surface area contributed by atoms with E-state index in [1.807, 2.05) is 11.3 Å². The predicted octanol–water partition coefficient (Wildman–Crippen LogP) is 8.42. The highest BCUT2D eigenvalue weighted by atomic mass is 32.1. The van der Waals surface area contributed by atoms with E-state index < -0.39 is 0 Å². The zero-order chi connectivity index (χ0) is 22.8. The standard InChI is InChI=1S/C31H22NOS/c1-19-13-15-24-23-10-7-9-21(30(23)33-31(24)29(19)26-11-5-6-17-32(26)2)20-14-16-28-25(18-20)22-8-3-4-12-27(22)34-28/h3-18H,1-2H3/q+1. The minimum atomic E-state index is 0.946. The summed E-state index contributed by atoms with van der Waals surface area (Å²) in [7, 11) is 2.09. The Bertz CT molecular complexity index is 1890. The van der Waals surface area contributed by atoms with Crippen molar-refractivity contribution in [3.05, 3.63) is 103 Å². The monoisotopic (exact) mass is 456 g/mol. The highest BCUT2D eigenvalue weighted by Crippen LogP contribution is 2.42. The van der Waals surface area contributed by atoms with Crippen LogP contribution < -0.4 is 4.57 Å². The number of fused-ring (bicyclic) bond motifs is 6. The molecule has 0 aliphatic heterocycles. The molecule has 0 N–H and O–H groups in total. The number of benzene rings is 4. The topological polar surface area (TPSA) is 17.0 Å². The van der Waals surface area contributed by atoms with Gasteiger partial charge in [0.1, 0.15) is 18.2 Å². The molecular formula is C31H22NOS+. The Balaban J connectivity index is 1.52. The van der Waals surface area contributed by atoms with Crippen LogP contribution in [0.1, 0.15) is 5.56 Å². The number of rotatable bonds is 2. The molecule has 0 unspecified atom stereocenters. The number of pyridine rings is 1. The molecule has 0 saturated heterocycles. The molecule has 0 spiro atoms. The maximum Gasteiger partial charge on any atom is 0.216 e. The zero-order valence-electron chi connectivity index (χ0n) is 19.0. The third-order valence-electron chi connectivity index (χ3n) is 6.87. The van der Waals surface area contributed by atoms with E-state index in [9.17, 15) is 0 Å². The van der Waals surface area contributed by atoms with Crippen molar-refractivity contribution in [2.24, 2.45) is 7.05 Å². The quantitative estimate of drug-likeness (QED) is 0.239. The molecule has 0 fully saturated rings. The van der Waals surface area contributed by atoms with Crippen molar-refractivity contribution >= 4 is 53.4 Å². The van der Waals surface area contributed by atoms with E-state index in [1.54, 1.807) is 0 Å². The largest absolute Gasteiger partial charge is 0.454 e. The van der Waals surface area contributed by atoms with Gasteiger partial charge in [0, 0.05) is 48.6 Å². The van der Waals surface area contributed by atoms with Crippen LogP contribution in [-0.4, -0.2) is 0 Å².